The number of benzene rings is 4. The molecule has 1 N–H and O–H groups in total. The smallest absolute Gasteiger partial charge is 0.343 e. The van der Waals surface area contributed by atoms with E-state index in [2.05, 4.69) is 26.5 Å². The Balaban J connectivity index is 1.54. The molecule has 0 aliphatic rings. The number of amides is 1. The minimum Gasteiger partial charge on any atom is -0.421 e. The van der Waals surface area contributed by atoms with Gasteiger partial charge in [0, 0.05) is 17.7 Å². The second-order valence-corrected chi connectivity index (χ2v) is 8.32. The Morgan fingerprint density at radius 3 is 2.49 bits per heavy atom. The molecule has 35 heavy (non-hydrogen) atoms. The van der Waals surface area contributed by atoms with Gasteiger partial charge in [-0.1, -0.05) is 60.7 Å². The Bertz CT molecular complexity index is 1450. The molecule has 0 unspecified atom stereocenters. The predicted molar refractivity (Wildman–Crippen MR) is 136 cm³/mol. The molecule has 1 amide bonds. The summed E-state index contributed by atoms with van der Waals surface area (Å²) in [5.41, 5.74) is 3.48. The van der Waals surface area contributed by atoms with Gasteiger partial charge < -0.3 is 4.74 Å². The van der Waals surface area contributed by atoms with Crippen molar-refractivity contribution in [3.63, 3.8) is 0 Å². The Kier molecular flexibility index (Phi) is 7.27. The van der Waals surface area contributed by atoms with Gasteiger partial charge in [0.05, 0.1) is 27.6 Å². The van der Waals surface area contributed by atoms with E-state index in [1.165, 1.54) is 18.3 Å². The maximum absolute atomic E-state index is 12.5. The minimum atomic E-state index is -0.644. The number of rotatable bonds is 7. The zero-order valence-electron chi connectivity index (χ0n) is 18.2. The van der Waals surface area contributed by atoms with Gasteiger partial charge in [0.15, 0.2) is 5.75 Å². The van der Waals surface area contributed by atoms with Gasteiger partial charge in [-0.15, -0.1) is 0 Å². The number of carbonyl (C=O) groups excluding carboxylic acids is 2. The molecular formula is C26H18BrN3O5. The molecule has 4 aromatic carbocycles. The normalized spacial score (nSPS) is 10.9. The molecule has 0 spiro atoms. The van der Waals surface area contributed by atoms with Crippen molar-refractivity contribution >= 4 is 50.5 Å². The maximum Gasteiger partial charge on any atom is 0.343 e. The van der Waals surface area contributed by atoms with Gasteiger partial charge in [-0.3, -0.25) is 14.9 Å². The second-order valence-electron chi connectivity index (χ2n) is 7.47. The Hall–Kier alpha value is -4.37. The quantitative estimate of drug-likeness (QED) is 0.112. The lowest BCUT2D eigenvalue weighted by Crippen LogP contribution is -2.20. The van der Waals surface area contributed by atoms with Crippen molar-refractivity contribution in [2.75, 3.05) is 0 Å². The molecule has 0 atom stereocenters. The number of nitrogens with one attached hydrogen (secondary N) is 1. The SMILES string of the molecule is O=C(Cc1cccc2ccccc12)N/N=C\c1cc([N+](=O)[O-])cc(Br)c1OC(=O)c1ccccc1. The second kappa shape index (κ2) is 10.7. The lowest BCUT2D eigenvalue weighted by atomic mass is 10.0. The highest BCUT2D eigenvalue weighted by atomic mass is 79.9. The first kappa shape index (κ1) is 23.8. The zero-order valence-corrected chi connectivity index (χ0v) is 19.8. The summed E-state index contributed by atoms with van der Waals surface area (Å²) >= 11 is 3.22. The van der Waals surface area contributed by atoms with Crippen LogP contribution in [-0.2, 0) is 11.2 Å². The number of non-ortho nitro benzene ring substituents is 1. The van der Waals surface area contributed by atoms with E-state index in [1.54, 1.807) is 30.3 Å². The standard InChI is InChI=1S/C26H18BrN3O5/c27-23-15-21(30(33)34)13-20(25(23)35-26(32)18-8-2-1-3-9-18)16-28-29-24(31)14-19-11-6-10-17-7-4-5-12-22(17)19/h1-13,15-16H,14H2,(H,29,31)/b28-16-. The molecule has 0 aliphatic heterocycles. The molecule has 0 bridgehead atoms. The van der Waals surface area contributed by atoms with Gasteiger partial charge in [-0.2, -0.15) is 5.10 Å². The molecule has 0 heterocycles. The summed E-state index contributed by atoms with van der Waals surface area (Å²) in [7, 11) is 0. The molecule has 8 nitrogen and oxygen atoms in total. The first-order valence-electron chi connectivity index (χ1n) is 10.5. The van der Waals surface area contributed by atoms with Gasteiger partial charge in [-0.25, -0.2) is 10.2 Å². The summed E-state index contributed by atoms with van der Waals surface area (Å²) in [6, 6.07) is 24.2. The Labute approximate surface area is 208 Å². The number of esters is 1. The van der Waals surface area contributed by atoms with Crippen LogP contribution in [0.25, 0.3) is 10.8 Å². The molecule has 0 aromatic heterocycles. The number of halogens is 1. The average Bonchev–Trinajstić information content (AvgIpc) is 2.86. The highest BCUT2D eigenvalue weighted by Crippen LogP contribution is 2.33. The van der Waals surface area contributed by atoms with Crippen LogP contribution in [0.5, 0.6) is 5.75 Å². The van der Waals surface area contributed by atoms with E-state index in [1.807, 2.05) is 42.5 Å². The van der Waals surface area contributed by atoms with Crippen LogP contribution in [0.3, 0.4) is 0 Å². The van der Waals surface area contributed by atoms with E-state index in [4.69, 9.17) is 4.74 Å². The number of hydrazone groups is 1. The number of fused-ring (bicyclic) bond motifs is 1. The molecule has 4 aromatic rings. The lowest BCUT2D eigenvalue weighted by molar-refractivity contribution is -0.385. The summed E-state index contributed by atoms with van der Waals surface area (Å²) < 4.78 is 5.68. The summed E-state index contributed by atoms with van der Waals surface area (Å²) in [6.07, 6.45) is 1.29. The predicted octanol–water partition coefficient (Wildman–Crippen LogP) is 5.42. The Morgan fingerprint density at radius 1 is 1.00 bits per heavy atom. The lowest BCUT2D eigenvalue weighted by Gasteiger charge is -2.10. The van der Waals surface area contributed by atoms with Gasteiger partial charge in [-0.05, 0) is 44.4 Å². The van der Waals surface area contributed by atoms with Crippen LogP contribution in [0.1, 0.15) is 21.5 Å². The van der Waals surface area contributed by atoms with Gasteiger partial charge in [0.2, 0.25) is 5.91 Å². The molecule has 0 fully saturated rings. The molecule has 0 saturated carbocycles. The number of nitrogens with zero attached hydrogens (tertiary/aromatic N) is 2. The van der Waals surface area contributed by atoms with E-state index in [0.717, 1.165) is 16.3 Å². The Morgan fingerprint density at radius 2 is 1.71 bits per heavy atom. The average molecular weight is 532 g/mol. The summed E-state index contributed by atoms with van der Waals surface area (Å²) in [6.45, 7) is 0. The summed E-state index contributed by atoms with van der Waals surface area (Å²) in [5.74, 6) is -0.976. The summed E-state index contributed by atoms with van der Waals surface area (Å²) in [4.78, 5) is 35.8. The minimum absolute atomic E-state index is 0.0384. The van der Waals surface area contributed by atoms with Gasteiger partial charge in [0.25, 0.3) is 5.69 Å². The van der Waals surface area contributed by atoms with E-state index in [-0.39, 0.29) is 33.8 Å². The highest BCUT2D eigenvalue weighted by Gasteiger charge is 2.19. The third-order valence-corrected chi connectivity index (χ3v) is 5.69. The van der Waals surface area contributed by atoms with Crippen molar-refractivity contribution in [2.24, 2.45) is 5.10 Å². The monoisotopic (exact) mass is 531 g/mol. The van der Waals surface area contributed by atoms with Crippen LogP contribution in [-0.4, -0.2) is 23.0 Å². The number of nitro groups is 1. The summed E-state index contributed by atoms with van der Waals surface area (Å²) in [5, 5.41) is 17.2. The molecule has 0 saturated heterocycles. The first-order valence-corrected chi connectivity index (χ1v) is 11.3. The number of ether oxygens (including phenoxy) is 1. The molecule has 4 rings (SSSR count). The third-order valence-electron chi connectivity index (χ3n) is 5.10. The molecular weight excluding hydrogens is 514 g/mol. The fourth-order valence-corrected chi connectivity index (χ4v) is 4.01. The maximum atomic E-state index is 12.5. The van der Waals surface area contributed by atoms with E-state index < -0.39 is 10.9 Å². The van der Waals surface area contributed by atoms with Gasteiger partial charge in [0.1, 0.15) is 0 Å². The topological polar surface area (TPSA) is 111 Å². The highest BCUT2D eigenvalue weighted by molar-refractivity contribution is 9.10. The fraction of sp³-hybridized carbons (Fsp3) is 0.0385. The van der Waals surface area contributed by atoms with Crippen LogP contribution >= 0.6 is 15.9 Å². The fourth-order valence-electron chi connectivity index (χ4n) is 3.47. The van der Waals surface area contributed by atoms with Crippen molar-refractivity contribution in [1.82, 2.24) is 5.43 Å². The number of nitro benzene ring substituents is 1. The van der Waals surface area contributed by atoms with Crippen LogP contribution in [0.2, 0.25) is 0 Å². The van der Waals surface area contributed by atoms with Crippen LogP contribution in [0.15, 0.2) is 94.5 Å². The van der Waals surface area contributed by atoms with E-state index in [9.17, 15) is 19.7 Å². The van der Waals surface area contributed by atoms with Crippen molar-refractivity contribution < 1.29 is 19.2 Å². The van der Waals surface area contributed by atoms with Crippen molar-refractivity contribution in [2.45, 2.75) is 6.42 Å². The van der Waals surface area contributed by atoms with Crippen molar-refractivity contribution in [1.29, 1.82) is 0 Å². The number of carbonyl (C=O) groups is 2. The van der Waals surface area contributed by atoms with Crippen molar-refractivity contribution in [3.8, 4) is 5.75 Å². The largest absolute Gasteiger partial charge is 0.421 e. The zero-order chi connectivity index (χ0) is 24.8. The van der Waals surface area contributed by atoms with E-state index in [0.29, 0.717) is 5.56 Å². The van der Waals surface area contributed by atoms with E-state index >= 15 is 0 Å². The molecule has 0 radical (unpaired) electrons. The number of hydrogen-bond donors (Lipinski definition) is 1. The molecule has 0 aliphatic carbocycles. The third kappa shape index (κ3) is 5.77. The first-order chi connectivity index (χ1) is 16.9. The van der Waals surface area contributed by atoms with Crippen LogP contribution < -0.4 is 10.2 Å². The van der Waals surface area contributed by atoms with Crippen LogP contribution in [0.4, 0.5) is 5.69 Å². The van der Waals surface area contributed by atoms with Crippen molar-refractivity contribution in [3.05, 3.63) is 116 Å². The molecule has 9 heteroatoms. The van der Waals surface area contributed by atoms with Gasteiger partial charge >= 0.3 is 5.97 Å². The number of hydrogen-bond acceptors (Lipinski definition) is 6. The molecule has 174 valence electrons. The van der Waals surface area contributed by atoms with Crippen LogP contribution in [0, 0.1) is 10.1 Å².